The molecule has 34 heavy (non-hydrogen) atoms. The molecule has 0 saturated heterocycles. The van der Waals surface area contributed by atoms with E-state index < -0.39 is 30.1 Å². The zero-order valence-electron chi connectivity index (χ0n) is 19.5. The van der Waals surface area contributed by atoms with Gasteiger partial charge in [0.15, 0.2) is 6.10 Å². The Bertz CT molecular complexity index is 1030. The van der Waals surface area contributed by atoms with Crippen LogP contribution in [0.3, 0.4) is 0 Å². The fraction of sp³-hybridized carbons (Fsp3) is 0.286. The fourth-order valence-electron chi connectivity index (χ4n) is 4.03. The Labute approximate surface area is 200 Å². The summed E-state index contributed by atoms with van der Waals surface area (Å²) in [5.41, 5.74) is 2.31. The Morgan fingerprint density at radius 3 is 1.74 bits per heavy atom. The van der Waals surface area contributed by atoms with Crippen molar-refractivity contribution in [3.8, 4) is 0 Å². The number of nitrogens with zero attached hydrogens (tertiary/aromatic N) is 1. The van der Waals surface area contributed by atoms with E-state index in [1.54, 1.807) is 13.8 Å². The molecule has 6 heteroatoms. The number of rotatable bonds is 11. The minimum absolute atomic E-state index is 0.135. The number of aliphatic hydroxyl groups is 1. The maximum absolute atomic E-state index is 13.4. The second kappa shape index (κ2) is 12.7. The Hall–Kier alpha value is -3.48. The van der Waals surface area contributed by atoms with Crippen LogP contribution >= 0.6 is 0 Å². The van der Waals surface area contributed by atoms with Crippen LogP contribution < -0.4 is 0 Å². The molecule has 3 aromatic rings. The molecule has 6 nitrogen and oxygen atoms in total. The predicted octanol–water partition coefficient (Wildman–Crippen LogP) is 4.46. The maximum Gasteiger partial charge on any atom is 0.336 e. The molecule has 0 aliphatic carbocycles. The first-order valence-corrected chi connectivity index (χ1v) is 11.5. The highest BCUT2D eigenvalue weighted by atomic mass is 16.5. The summed E-state index contributed by atoms with van der Waals surface area (Å²) >= 11 is 0. The van der Waals surface area contributed by atoms with Crippen LogP contribution in [0.2, 0.25) is 0 Å². The first kappa shape index (κ1) is 25.1. The molecule has 1 N–H and O–H groups in total. The van der Waals surface area contributed by atoms with Crippen molar-refractivity contribution in [3.05, 3.63) is 108 Å². The third-order valence-corrected chi connectivity index (χ3v) is 5.49. The summed E-state index contributed by atoms with van der Waals surface area (Å²) in [6.45, 7) is 4.07. The SMILES string of the molecule is CCOC(=O)C(c1ccccc1)N(Cc1ccccc1)[C@H](c1ccccc1)[C@@H](O)C(=O)OCC. The minimum atomic E-state index is -1.52. The van der Waals surface area contributed by atoms with Crippen LogP contribution in [0.4, 0.5) is 0 Å². The summed E-state index contributed by atoms with van der Waals surface area (Å²) in [5, 5.41) is 11.2. The van der Waals surface area contributed by atoms with Crippen molar-refractivity contribution in [2.24, 2.45) is 0 Å². The number of carbonyl (C=O) groups is 2. The van der Waals surface area contributed by atoms with E-state index in [4.69, 9.17) is 9.47 Å². The predicted molar refractivity (Wildman–Crippen MR) is 130 cm³/mol. The number of aliphatic hydroxyl groups excluding tert-OH is 1. The highest BCUT2D eigenvalue weighted by Crippen LogP contribution is 2.36. The summed E-state index contributed by atoms with van der Waals surface area (Å²) in [5.74, 6) is -1.20. The number of carbonyl (C=O) groups excluding carboxylic acids is 2. The molecule has 0 radical (unpaired) electrons. The lowest BCUT2D eigenvalue weighted by molar-refractivity contribution is -0.163. The summed E-state index contributed by atoms with van der Waals surface area (Å²) < 4.78 is 10.6. The van der Waals surface area contributed by atoms with Crippen molar-refractivity contribution in [2.75, 3.05) is 13.2 Å². The second-order valence-corrected chi connectivity index (χ2v) is 7.78. The Morgan fingerprint density at radius 2 is 1.21 bits per heavy atom. The van der Waals surface area contributed by atoms with Crippen LogP contribution in [0.15, 0.2) is 91.0 Å². The summed E-state index contributed by atoms with van der Waals surface area (Å²) in [4.78, 5) is 27.9. The van der Waals surface area contributed by atoms with E-state index in [2.05, 4.69) is 0 Å². The first-order valence-electron chi connectivity index (χ1n) is 11.5. The van der Waals surface area contributed by atoms with E-state index in [1.807, 2.05) is 95.9 Å². The van der Waals surface area contributed by atoms with Crippen molar-refractivity contribution in [2.45, 2.75) is 38.6 Å². The van der Waals surface area contributed by atoms with Gasteiger partial charge in [-0.2, -0.15) is 0 Å². The Morgan fingerprint density at radius 1 is 0.735 bits per heavy atom. The summed E-state index contributed by atoms with van der Waals surface area (Å²) in [6.07, 6.45) is -1.52. The summed E-state index contributed by atoms with van der Waals surface area (Å²) in [6, 6.07) is 26.3. The molecule has 0 aliphatic rings. The topological polar surface area (TPSA) is 76.1 Å². The van der Waals surface area contributed by atoms with Crippen LogP contribution in [-0.4, -0.2) is 41.3 Å². The van der Waals surface area contributed by atoms with Gasteiger partial charge < -0.3 is 14.6 Å². The number of hydrogen-bond acceptors (Lipinski definition) is 6. The van der Waals surface area contributed by atoms with Gasteiger partial charge in [-0.25, -0.2) is 9.59 Å². The number of hydrogen-bond donors (Lipinski definition) is 1. The van der Waals surface area contributed by atoms with E-state index in [1.165, 1.54) is 0 Å². The average molecular weight is 462 g/mol. The monoisotopic (exact) mass is 461 g/mol. The number of esters is 2. The molecule has 3 atom stereocenters. The average Bonchev–Trinajstić information content (AvgIpc) is 2.86. The number of ether oxygens (including phenoxy) is 2. The smallest absolute Gasteiger partial charge is 0.336 e. The van der Waals surface area contributed by atoms with Crippen molar-refractivity contribution in [1.82, 2.24) is 4.90 Å². The van der Waals surface area contributed by atoms with Crippen LogP contribution in [-0.2, 0) is 25.6 Å². The van der Waals surface area contributed by atoms with Crippen LogP contribution in [0.25, 0.3) is 0 Å². The van der Waals surface area contributed by atoms with Gasteiger partial charge >= 0.3 is 11.9 Å². The molecule has 0 heterocycles. The normalized spacial score (nSPS) is 13.6. The molecular weight excluding hydrogens is 430 g/mol. The van der Waals surface area contributed by atoms with Gasteiger partial charge in [-0.1, -0.05) is 91.0 Å². The molecule has 178 valence electrons. The fourth-order valence-corrected chi connectivity index (χ4v) is 4.03. The molecule has 3 aromatic carbocycles. The van der Waals surface area contributed by atoms with Crippen LogP contribution in [0.5, 0.6) is 0 Å². The largest absolute Gasteiger partial charge is 0.465 e. The van der Waals surface area contributed by atoms with Gasteiger partial charge in [0.1, 0.15) is 6.04 Å². The molecular formula is C28H31NO5. The lowest BCUT2D eigenvalue weighted by Gasteiger charge is -2.39. The van der Waals surface area contributed by atoms with Crippen molar-refractivity contribution < 1.29 is 24.2 Å². The van der Waals surface area contributed by atoms with Crippen LogP contribution in [0, 0.1) is 0 Å². The van der Waals surface area contributed by atoms with Gasteiger partial charge in [-0.15, -0.1) is 0 Å². The Kier molecular flexibility index (Phi) is 9.38. The van der Waals surface area contributed by atoms with Gasteiger partial charge in [-0.05, 0) is 30.5 Å². The third-order valence-electron chi connectivity index (χ3n) is 5.49. The molecule has 0 fully saturated rings. The maximum atomic E-state index is 13.4. The quantitative estimate of drug-likeness (QED) is 0.425. The molecule has 1 unspecified atom stereocenters. The van der Waals surface area contributed by atoms with E-state index >= 15 is 0 Å². The molecule has 0 bridgehead atoms. The highest BCUT2D eigenvalue weighted by molar-refractivity contribution is 5.79. The van der Waals surface area contributed by atoms with E-state index in [0.29, 0.717) is 11.1 Å². The van der Waals surface area contributed by atoms with Gasteiger partial charge in [0.25, 0.3) is 0 Å². The van der Waals surface area contributed by atoms with Gasteiger partial charge in [0, 0.05) is 6.54 Å². The number of benzene rings is 3. The van der Waals surface area contributed by atoms with E-state index in [-0.39, 0.29) is 19.8 Å². The molecule has 0 aliphatic heterocycles. The lowest BCUT2D eigenvalue weighted by atomic mass is 9.94. The molecule has 3 rings (SSSR count). The zero-order valence-corrected chi connectivity index (χ0v) is 19.5. The van der Waals surface area contributed by atoms with Gasteiger partial charge in [0.2, 0.25) is 0 Å². The van der Waals surface area contributed by atoms with Gasteiger partial charge in [0.05, 0.1) is 19.3 Å². The van der Waals surface area contributed by atoms with E-state index in [9.17, 15) is 14.7 Å². The molecule has 0 saturated carbocycles. The van der Waals surface area contributed by atoms with Crippen LogP contribution in [0.1, 0.15) is 42.6 Å². The van der Waals surface area contributed by atoms with Crippen molar-refractivity contribution in [1.29, 1.82) is 0 Å². The first-order chi connectivity index (χ1) is 16.6. The van der Waals surface area contributed by atoms with E-state index in [0.717, 1.165) is 5.56 Å². The highest BCUT2D eigenvalue weighted by Gasteiger charge is 2.41. The van der Waals surface area contributed by atoms with Crippen molar-refractivity contribution in [3.63, 3.8) is 0 Å². The lowest BCUT2D eigenvalue weighted by Crippen LogP contribution is -2.45. The Balaban J connectivity index is 2.19. The second-order valence-electron chi connectivity index (χ2n) is 7.78. The standard InChI is InChI=1S/C28H31NO5/c1-3-33-27(31)25(23-18-12-7-13-19-23)29(20-21-14-8-5-9-15-21)24(22-16-10-6-11-17-22)26(30)28(32)34-4-2/h5-19,24-26,30H,3-4,20H2,1-2H3/t24-,25?,26-/m1/s1. The van der Waals surface area contributed by atoms with Crippen molar-refractivity contribution >= 4 is 11.9 Å². The molecule has 0 spiro atoms. The zero-order chi connectivity index (χ0) is 24.3. The summed E-state index contributed by atoms with van der Waals surface area (Å²) in [7, 11) is 0. The molecule has 0 amide bonds. The molecule has 0 aromatic heterocycles. The third kappa shape index (κ3) is 6.31. The van der Waals surface area contributed by atoms with Gasteiger partial charge in [-0.3, -0.25) is 4.90 Å². The minimum Gasteiger partial charge on any atom is -0.465 e.